The minimum absolute atomic E-state index is 0.0435. The van der Waals surface area contributed by atoms with Crippen molar-refractivity contribution in [1.82, 2.24) is 9.13 Å². The molecule has 1 aliphatic heterocycles. The molecule has 0 saturated carbocycles. The molecule has 8 heteroatoms. The average Bonchev–Trinajstić information content (AvgIpc) is 2.81. The average molecular weight is 469 g/mol. The predicted octanol–water partition coefficient (Wildman–Crippen LogP) is 3.58. The van der Waals surface area contributed by atoms with Crippen LogP contribution in [0.1, 0.15) is 42.6 Å². The third-order valence-corrected chi connectivity index (χ3v) is 6.62. The molecule has 0 amide bonds. The van der Waals surface area contributed by atoms with Crippen LogP contribution in [0, 0.1) is 24.5 Å². The second-order valence-electron chi connectivity index (χ2n) is 9.13. The SMILES string of the molecule is Cc1c(N2CCCC(C)C2)c(=O)n(C[C@H](N)c2ccccc2)c(=O)n1Cc1c(F)cccc1F. The minimum Gasteiger partial charge on any atom is -0.365 e. The first-order valence-corrected chi connectivity index (χ1v) is 11.6. The van der Waals surface area contributed by atoms with Crippen molar-refractivity contribution < 1.29 is 8.78 Å². The summed E-state index contributed by atoms with van der Waals surface area (Å²) in [5.74, 6) is -1.09. The number of hydrogen-bond acceptors (Lipinski definition) is 4. The summed E-state index contributed by atoms with van der Waals surface area (Å²) in [6, 6.07) is 12.2. The highest BCUT2D eigenvalue weighted by atomic mass is 19.1. The molecule has 3 aromatic rings. The van der Waals surface area contributed by atoms with Gasteiger partial charge in [0, 0.05) is 30.4 Å². The van der Waals surface area contributed by atoms with Gasteiger partial charge < -0.3 is 10.6 Å². The molecular formula is C26H30F2N4O2. The van der Waals surface area contributed by atoms with Crippen molar-refractivity contribution >= 4 is 5.69 Å². The molecule has 2 heterocycles. The van der Waals surface area contributed by atoms with Gasteiger partial charge in [-0.3, -0.25) is 13.9 Å². The van der Waals surface area contributed by atoms with E-state index in [1.807, 2.05) is 35.2 Å². The first-order valence-electron chi connectivity index (χ1n) is 11.6. The van der Waals surface area contributed by atoms with E-state index < -0.39 is 28.9 Å². The fourth-order valence-electron chi connectivity index (χ4n) is 4.73. The maximum Gasteiger partial charge on any atom is 0.331 e. The van der Waals surface area contributed by atoms with E-state index in [0.717, 1.165) is 35.1 Å². The van der Waals surface area contributed by atoms with E-state index in [1.165, 1.54) is 10.6 Å². The fraction of sp³-hybridized carbons (Fsp3) is 0.385. The second kappa shape index (κ2) is 9.93. The van der Waals surface area contributed by atoms with Gasteiger partial charge in [0.1, 0.15) is 17.3 Å². The van der Waals surface area contributed by atoms with E-state index >= 15 is 0 Å². The molecule has 2 N–H and O–H groups in total. The van der Waals surface area contributed by atoms with Gasteiger partial charge in [-0.1, -0.05) is 43.3 Å². The molecule has 2 atom stereocenters. The van der Waals surface area contributed by atoms with E-state index in [1.54, 1.807) is 6.92 Å². The van der Waals surface area contributed by atoms with Crippen LogP contribution in [-0.4, -0.2) is 22.2 Å². The summed E-state index contributed by atoms with van der Waals surface area (Å²) in [5.41, 5.74) is 6.66. The molecule has 34 heavy (non-hydrogen) atoms. The molecule has 0 spiro atoms. The lowest BCUT2D eigenvalue weighted by Crippen LogP contribution is -2.48. The third-order valence-electron chi connectivity index (χ3n) is 6.62. The van der Waals surface area contributed by atoms with Crippen LogP contribution < -0.4 is 21.9 Å². The van der Waals surface area contributed by atoms with Gasteiger partial charge in [-0.05, 0) is 43.4 Å². The Kier molecular flexibility index (Phi) is 6.97. The number of halogens is 2. The van der Waals surface area contributed by atoms with Crippen LogP contribution in [0.3, 0.4) is 0 Å². The second-order valence-corrected chi connectivity index (χ2v) is 9.13. The molecule has 4 rings (SSSR count). The summed E-state index contributed by atoms with van der Waals surface area (Å²) >= 11 is 0. The monoisotopic (exact) mass is 468 g/mol. The Morgan fingerprint density at radius 2 is 1.71 bits per heavy atom. The Balaban J connectivity index is 1.86. The highest BCUT2D eigenvalue weighted by molar-refractivity contribution is 5.49. The first kappa shape index (κ1) is 23.9. The first-order chi connectivity index (χ1) is 16.3. The molecule has 0 radical (unpaired) electrons. The molecule has 1 saturated heterocycles. The molecule has 0 aliphatic carbocycles. The van der Waals surface area contributed by atoms with Gasteiger partial charge in [0.2, 0.25) is 0 Å². The van der Waals surface area contributed by atoms with Crippen molar-refractivity contribution in [1.29, 1.82) is 0 Å². The quantitative estimate of drug-likeness (QED) is 0.600. The van der Waals surface area contributed by atoms with E-state index in [2.05, 4.69) is 6.92 Å². The maximum absolute atomic E-state index is 14.5. The maximum atomic E-state index is 14.5. The lowest BCUT2D eigenvalue weighted by Gasteiger charge is -2.34. The van der Waals surface area contributed by atoms with Crippen LogP contribution in [0.2, 0.25) is 0 Å². The molecule has 1 unspecified atom stereocenters. The van der Waals surface area contributed by atoms with Gasteiger partial charge in [-0.15, -0.1) is 0 Å². The van der Waals surface area contributed by atoms with Crippen molar-refractivity contribution in [2.24, 2.45) is 11.7 Å². The Hall–Kier alpha value is -3.26. The summed E-state index contributed by atoms with van der Waals surface area (Å²) in [7, 11) is 0. The lowest BCUT2D eigenvalue weighted by molar-refractivity contribution is 0.438. The summed E-state index contributed by atoms with van der Waals surface area (Å²) < 4.78 is 31.3. The van der Waals surface area contributed by atoms with Gasteiger partial charge >= 0.3 is 5.69 Å². The van der Waals surface area contributed by atoms with Crippen molar-refractivity contribution in [2.75, 3.05) is 18.0 Å². The van der Waals surface area contributed by atoms with E-state index in [9.17, 15) is 18.4 Å². The Bertz CT molecular complexity index is 1270. The number of nitrogens with zero attached hydrogens (tertiary/aromatic N) is 3. The van der Waals surface area contributed by atoms with Gasteiger partial charge in [-0.25, -0.2) is 13.6 Å². The third kappa shape index (κ3) is 4.68. The van der Waals surface area contributed by atoms with Crippen LogP contribution in [0.4, 0.5) is 14.5 Å². The Morgan fingerprint density at radius 3 is 2.35 bits per heavy atom. The molecule has 1 aromatic heterocycles. The van der Waals surface area contributed by atoms with Crippen molar-refractivity contribution in [2.45, 2.75) is 45.8 Å². The minimum atomic E-state index is -0.738. The number of piperidine rings is 1. The zero-order chi connectivity index (χ0) is 24.4. The standard InChI is InChI=1S/C26H30F2N4O2/c1-17-8-7-13-30(14-17)24-18(2)31(15-20-21(27)11-6-12-22(20)28)26(34)32(25(24)33)16-23(29)19-9-4-3-5-10-19/h3-6,9-12,17,23H,7-8,13-16,29H2,1-2H3/t17?,23-/m0/s1. The number of rotatable bonds is 6. The predicted molar refractivity (Wildman–Crippen MR) is 129 cm³/mol. The molecular weight excluding hydrogens is 438 g/mol. The number of benzene rings is 2. The number of anilines is 1. The van der Waals surface area contributed by atoms with Crippen LogP contribution in [-0.2, 0) is 13.1 Å². The summed E-state index contributed by atoms with van der Waals surface area (Å²) in [5, 5.41) is 0. The Labute approximate surface area is 197 Å². The summed E-state index contributed by atoms with van der Waals surface area (Å²) in [6.45, 7) is 4.77. The van der Waals surface area contributed by atoms with Crippen LogP contribution >= 0.6 is 0 Å². The molecule has 1 fully saturated rings. The zero-order valence-electron chi connectivity index (χ0n) is 19.5. The van der Waals surface area contributed by atoms with Crippen molar-refractivity contribution in [3.05, 3.63) is 97.8 Å². The topological polar surface area (TPSA) is 73.3 Å². The normalized spacial score (nSPS) is 17.1. The summed E-state index contributed by atoms with van der Waals surface area (Å²) in [6.07, 6.45) is 1.98. The van der Waals surface area contributed by atoms with Crippen molar-refractivity contribution in [3.8, 4) is 0 Å². The van der Waals surface area contributed by atoms with Gasteiger partial charge in [0.15, 0.2) is 0 Å². The zero-order valence-corrected chi connectivity index (χ0v) is 19.5. The van der Waals surface area contributed by atoms with Crippen LogP contribution in [0.5, 0.6) is 0 Å². The van der Waals surface area contributed by atoms with Crippen LogP contribution in [0.25, 0.3) is 0 Å². The van der Waals surface area contributed by atoms with Crippen LogP contribution in [0.15, 0.2) is 58.1 Å². The molecule has 2 aromatic carbocycles. The van der Waals surface area contributed by atoms with Gasteiger partial charge in [0.25, 0.3) is 5.56 Å². The molecule has 1 aliphatic rings. The number of nitrogens with two attached hydrogens (primary N) is 1. The highest BCUT2D eigenvalue weighted by Crippen LogP contribution is 2.24. The largest absolute Gasteiger partial charge is 0.365 e. The highest BCUT2D eigenvalue weighted by Gasteiger charge is 2.26. The Morgan fingerprint density at radius 1 is 1.03 bits per heavy atom. The summed E-state index contributed by atoms with van der Waals surface area (Å²) in [4.78, 5) is 29.1. The lowest BCUT2D eigenvalue weighted by atomic mass is 9.99. The number of aromatic nitrogens is 2. The van der Waals surface area contributed by atoms with E-state index in [-0.39, 0.29) is 18.7 Å². The van der Waals surface area contributed by atoms with Gasteiger partial charge in [-0.2, -0.15) is 0 Å². The smallest absolute Gasteiger partial charge is 0.331 e. The van der Waals surface area contributed by atoms with Gasteiger partial charge in [0.05, 0.1) is 13.1 Å². The molecule has 180 valence electrons. The molecule has 6 nitrogen and oxygen atoms in total. The van der Waals surface area contributed by atoms with E-state index in [4.69, 9.17) is 5.73 Å². The molecule has 0 bridgehead atoms. The fourth-order valence-corrected chi connectivity index (χ4v) is 4.73. The van der Waals surface area contributed by atoms with Crippen molar-refractivity contribution in [3.63, 3.8) is 0 Å². The number of hydrogen-bond donors (Lipinski definition) is 1. The van der Waals surface area contributed by atoms with E-state index in [0.29, 0.717) is 30.4 Å².